The van der Waals surface area contributed by atoms with Crippen LogP contribution in [0.4, 0.5) is 0 Å². The van der Waals surface area contributed by atoms with Gasteiger partial charge >= 0.3 is 0 Å². The van der Waals surface area contributed by atoms with E-state index >= 15 is 0 Å². The van der Waals surface area contributed by atoms with Crippen LogP contribution in [-0.2, 0) is 7.05 Å². The van der Waals surface area contributed by atoms with Gasteiger partial charge in [-0.05, 0) is 23.6 Å². The van der Waals surface area contributed by atoms with Crippen LogP contribution < -0.4 is 4.74 Å². The molecule has 0 bridgehead atoms. The van der Waals surface area contributed by atoms with Gasteiger partial charge in [0, 0.05) is 12.8 Å². The highest BCUT2D eigenvalue weighted by molar-refractivity contribution is 7.99. The molecule has 0 radical (unpaired) electrons. The van der Waals surface area contributed by atoms with Crippen molar-refractivity contribution < 1.29 is 4.74 Å². The van der Waals surface area contributed by atoms with Gasteiger partial charge < -0.3 is 9.30 Å². The summed E-state index contributed by atoms with van der Waals surface area (Å²) < 4.78 is 7.70. The second-order valence-corrected chi connectivity index (χ2v) is 6.36. The van der Waals surface area contributed by atoms with E-state index in [2.05, 4.69) is 16.3 Å². The summed E-state index contributed by atoms with van der Waals surface area (Å²) in [6.07, 6.45) is 0. The third-order valence-electron chi connectivity index (χ3n) is 2.90. The van der Waals surface area contributed by atoms with Gasteiger partial charge in [0.25, 0.3) is 0 Å². The molecule has 0 unspecified atom stereocenters. The molecular weight excluding hydrogens is 302 g/mol. The fraction of sp³-hybridized carbons (Fsp3) is 0.200. The molecule has 0 amide bonds. The summed E-state index contributed by atoms with van der Waals surface area (Å²) in [4.78, 5) is 1.14. The van der Waals surface area contributed by atoms with E-state index < -0.39 is 0 Å². The molecule has 0 aliphatic heterocycles. The summed E-state index contributed by atoms with van der Waals surface area (Å²) >= 11 is 3.33. The normalized spacial score (nSPS) is 10.7. The maximum absolute atomic E-state index is 5.67. The number of aromatic nitrogens is 3. The largest absolute Gasteiger partial charge is 0.493 e. The monoisotopic (exact) mass is 317 g/mol. The molecule has 0 saturated heterocycles. The first-order chi connectivity index (χ1) is 10.3. The lowest BCUT2D eigenvalue weighted by Gasteiger charge is -2.05. The zero-order chi connectivity index (χ0) is 14.5. The van der Waals surface area contributed by atoms with Gasteiger partial charge in [-0.25, -0.2) is 0 Å². The maximum atomic E-state index is 5.67. The number of ether oxygens (including phenoxy) is 1. The average Bonchev–Trinajstić information content (AvgIpc) is 3.15. The standard InChI is InChI=1S/C15H15N3OS2/c1-18-14(13-8-5-10-20-13)16-17-15(18)21-11-9-19-12-6-3-2-4-7-12/h2-8,10H,9,11H2,1H3. The van der Waals surface area contributed by atoms with E-state index in [9.17, 15) is 0 Å². The number of hydrogen-bond donors (Lipinski definition) is 0. The zero-order valence-electron chi connectivity index (χ0n) is 11.6. The Morgan fingerprint density at radius 1 is 1.14 bits per heavy atom. The van der Waals surface area contributed by atoms with E-state index in [4.69, 9.17) is 4.74 Å². The highest BCUT2D eigenvalue weighted by atomic mass is 32.2. The minimum atomic E-state index is 0.649. The molecule has 1 aromatic carbocycles. The van der Waals surface area contributed by atoms with Gasteiger partial charge in [0.05, 0.1) is 11.5 Å². The molecule has 0 N–H and O–H groups in total. The second-order valence-electron chi connectivity index (χ2n) is 4.35. The van der Waals surface area contributed by atoms with Crippen LogP contribution in [0.2, 0.25) is 0 Å². The molecule has 2 heterocycles. The fourth-order valence-electron chi connectivity index (χ4n) is 1.87. The van der Waals surface area contributed by atoms with Crippen LogP contribution in [0.5, 0.6) is 5.75 Å². The van der Waals surface area contributed by atoms with Crippen LogP contribution in [0.3, 0.4) is 0 Å². The minimum Gasteiger partial charge on any atom is -0.493 e. The Kier molecular flexibility index (Phi) is 4.57. The third kappa shape index (κ3) is 3.46. The van der Waals surface area contributed by atoms with Crippen molar-refractivity contribution in [1.82, 2.24) is 14.8 Å². The Morgan fingerprint density at radius 3 is 2.76 bits per heavy atom. The van der Waals surface area contributed by atoms with E-state index in [1.807, 2.05) is 53.4 Å². The molecule has 6 heteroatoms. The van der Waals surface area contributed by atoms with E-state index in [-0.39, 0.29) is 0 Å². The van der Waals surface area contributed by atoms with Gasteiger partial charge in [-0.3, -0.25) is 0 Å². The number of benzene rings is 1. The van der Waals surface area contributed by atoms with E-state index in [1.165, 1.54) is 0 Å². The van der Waals surface area contributed by atoms with E-state index in [1.54, 1.807) is 23.1 Å². The molecule has 4 nitrogen and oxygen atoms in total. The highest BCUT2D eigenvalue weighted by Gasteiger charge is 2.11. The van der Waals surface area contributed by atoms with E-state index in [0.29, 0.717) is 6.61 Å². The van der Waals surface area contributed by atoms with Crippen LogP contribution in [0, 0.1) is 0 Å². The lowest BCUT2D eigenvalue weighted by atomic mass is 10.3. The Balaban J connectivity index is 1.54. The van der Waals surface area contributed by atoms with Crippen molar-refractivity contribution in [2.75, 3.05) is 12.4 Å². The van der Waals surface area contributed by atoms with Gasteiger partial charge in [-0.15, -0.1) is 21.5 Å². The van der Waals surface area contributed by atoms with Crippen LogP contribution in [0.15, 0.2) is 53.0 Å². The second kappa shape index (κ2) is 6.78. The number of rotatable bonds is 6. The SMILES string of the molecule is Cn1c(SCCOc2ccccc2)nnc1-c1cccs1. The highest BCUT2D eigenvalue weighted by Crippen LogP contribution is 2.25. The Hall–Kier alpha value is -1.79. The third-order valence-corrected chi connectivity index (χ3v) is 4.75. The van der Waals surface area contributed by atoms with Crippen molar-refractivity contribution in [3.63, 3.8) is 0 Å². The van der Waals surface area contributed by atoms with Crippen molar-refractivity contribution in [3.8, 4) is 16.5 Å². The van der Waals surface area contributed by atoms with Gasteiger partial charge in [0.1, 0.15) is 5.75 Å². The molecule has 3 aromatic rings. The Labute approximate surface area is 131 Å². The van der Waals surface area contributed by atoms with E-state index in [0.717, 1.165) is 27.4 Å². The average molecular weight is 317 g/mol. The van der Waals surface area contributed by atoms with Crippen molar-refractivity contribution in [2.45, 2.75) is 5.16 Å². The van der Waals surface area contributed by atoms with Crippen molar-refractivity contribution in [1.29, 1.82) is 0 Å². The summed E-state index contributed by atoms with van der Waals surface area (Å²) in [5.41, 5.74) is 0. The molecule has 0 aliphatic carbocycles. The van der Waals surface area contributed by atoms with Gasteiger partial charge in [0.2, 0.25) is 0 Å². The lowest BCUT2D eigenvalue weighted by molar-refractivity contribution is 0.344. The van der Waals surface area contributed by atoms with Crippen LogP contribution in [0.1, 0.15) is 0 Å². The summed E-state index contributed by atoms with van der Waals surface area (Å²) in [5.74, 6) is 2.65. The molecule has 0 fully saturated rings. The first-order valence-electron chi connectivity index (χ1n) is 6.58. The van der Waals surface area contributed by atoms with Gasteiger partial charge in [-0.1, -0.05) is 36.0 Å². The Bertz CT molecular complexity index is 680. The Morgan fingerprint density at radius 2 is 2.00 bits per heavy atom. The van der Waals surface area contributed by atoms with Crippen LogP contribution >= 0.6 is 23.1 Å². The maximum Gasteiger partial charge on any atom is 0.191 e. The van der Waals surface area contributed by atoms with Crippen LogP contribution in [-0.4, -0.2) is 27.1 Å². The van der Waals surface area contributed by atoms with Crippen molar-refractivity contribution in [3.05, 3.63) is 47.8 Å². The van der Waals surface area contributed by atoms with Crippen molar-refractivity contribution >= 4 is 23.1 Å². The summed E-state index contributed by atoms with van der Waals surface area (Å²) in [6, 6.07) is 13.9. The number of para-hydroxylation sites is 1. The molecule has 0 saturated carbocycles. The molecule has 21 heavy (non-hydrogen) atoms. The molecular formula is C15H15N3OS2. The van der Waals surface area contributed by atoms with Gasteiger partial charge in [0.15, 0.2) is 11.0 Å². The molecule has 0 aliphatic rings. The molecule has 2 aromatic heterocycles. The quantitative estimate of drug-likeness (QED) is 0.513. The topological polar surface area (TPSA) is 39.9 Å². The molecule has 0 spiro atoms. The summed E-state index contributed by atoms with van der Waals surface area (Å²) in [6.45, 7) is 0.649. The van der Waals surface area contributed by atoms with Gasteiger partial charge in [-0.2, -0.15) is 0 Å². The van der Waals surface area contributed by atoms with Crippen LogP contribution in [0.25, 0.3) is 10.7 Å². The smallest absolute Gasteiger partial charge is 0.191 e. The number of thioether (sulfide) groups is 1. The first-order valence-corrected chi connectivity index (χ1v) is 8.45. The minimum absolute atomic E-state index is 0.649. The molecule has 108 valence electrons. The molecule has 0 atom stereocenters. The summed E-state index contributed by atoms with van der Waals surface area (Å²) in [5, 5.41) is 11.5. The fourth-order valence-corrected chi connectivity index (χ4v) is 3.34. The number of hydrogen-bond acceptors (Lipinski definition) is 5. The zero-order valence-corrected chi connectivity index (χ0v) is 13.2. The molecule has 3 rings (SSSR count). The first kappa shape index (κ1) is 14.2. The predicted octanol–water partition coefficient (Wildman–Crippen LogP) is 3.71. The lowest BCUT2D eigenvalue weighted by Crippen LogP contribution is -2.01. The number of nitrogens with zero attached hydrogens (tertiary/aromatic N) is 3. The number of thiophene rings is 1. The summed E-state index contributed by atoms with van der Waals surface area (Å²) in [7, 11) is 2.00. The predicted molar refractivity (Wildman–Crippen MR) is 87.0 cm³/mol. The van der Waals surface area contributed by atoms with Crippen molar-refractivity contribution in [2.24, 2.45) is 7.05 Å².